The second-order valence-corrected chi connectivity index (χ2v) is 9.68. The van der Waals surface area contributed by atoms with Gasteiger partial charge >= 0.3 is 6.03 Å². The van der Waals surface area contributed by atoms with Crippen molar-refractivity contribution in [2.75, 3.05) is 11.2 Å². The zero-order valence-electron chi connectivity index (χ0n) is 20.8. The van der Waals surface area contributed by atoms with Crippen LogP contribution in [0, 0.1) is 6.92 Å². The van der Waals surface area contributed by atoms with Crippen LogP contribution in [0.2, 0.25) is 0 Å². The van der Waals surface area contributed by atoms with Crippen LogP contribution in [0.5, 0.6) is 0 Å². The summed E-state index contributed by atoms with van der Waals surface area (Å²) in [7, 11) is 0. The van der Waals surface area contributed by atoms with Crippen molar-refractivity contribution in [2.45, 2.75) is 38.1 Å². The van der Waals surface area contributed by atoms with Crippen LogP contribution >= 0.6 is 11.8 Å². The van der Waals surface area contributed by atoms with Crippen LogP contribution in [0.1, 0.15) is 42.5 Å². The summed E-state index contributed by atoms with van der Waals surface area (Å²) < 4.78 is 5.82. The molecule has 1 atom stereocenters. The van der Waals surface area contributed by atoms with Crippen molar-refractivity contribution in [3.8, 4) is 11.4 Å². The first-order valence-electron chi connectivity index (χ1n) is 11.9. The fourth-order valence-electron chi connectivity index (χ4n) is 4.49. The van der Waals surface area contributed by atoms with E-state index in [0.717, 1.165) is 45.0 Å². The Morgan fingerprint density at radius 3 is 2.44 bits per heavy atom. The molecule has 0 saturated heterocycles. The first kappa shape index (κ1) is 23.9. The average Bonchev–Trinajstić information content (AvgIpc) is 3.39. The minimum absolute atomic E-state index is 0.198. The second-order valence-electron chi connectivity index (χ2n) is 8.80. The molecule has 1 aliphatic heterocycles. The van der Waals surface area contributed by atoms with E-state index in [9.17, 15) is 4.79 Å². The molecule has 2 amide bonds. The maximum absolute atomic E-state index is 13.4. The molecule has 3 aromatic carbocycles. The highest BCUT2D eigenvalue weighted by Crippen LogP contribution is 2.39. The number of amides is 2. The van der Waals surface area contributed by atoms with Gasteiger partial charge in [-0.05, 0) is 68.0 Å². The van der Waals surface area contributed by atoms with Gasteiger partial charge in [-0.25, -0.2) is 4.79 Å². The number of aromatic nitrogens is 2. The van der Waals surface area contributed by atoms with E-state index in [-0.39, 0.29) is 6.03 Å². The minimum Gasteiger partial charge on any atom is -0.334 e. The quantitative estimate of drug-likeness (QED) is 0.290. The van der Waals surface area contributed by atoms with Crippen molar-refractivity contribution in [2.24, 2.45) is 0 Å². The van der Waals surface area contributed by atoms with Gasteiger partial charge in [0.1, 0.15) is 0 Å². The second kappa shape index (κ2) is 10.0. The largest absolute Gasteiger partial charge is 0.334 e. The van der Waals surface area contributed by atoms with E-state index in [2.05, 4.69) is 41.7 Å². The van der Waals surface area contributed by atoms with E-state index in [4.69, 9.17) is 9.51 Å². The fourth-order valence-corrected chi connectivity index (χ4v) is 4.90. The molecule has 5 rings (SSSR count). The maximum atomic E-state index is 13.4. The van der Waals surface area contributed by atoms with Gasteiger partial charge in [0.2, 0.25) is 5.82 Å². The Balaban J connectivity index is 1.63. The first-order valence-corrected chi connectivity index (χ1v) is 13.2. The lowest BCUT2D eigenvalue weighted by molar-refractivity contribution is 0.244. The van der Waals surface area contributed by atoms with Crippen molar-refractivity contribution in [3.05, 3.63) is 101 Å². The minimum atomic E-state index is -0.420. The van der Waals surface area contributed by atoms with Crippen LogP contribution in [-0.4, -0.2) is 22.4 Å². The van der Waals surface area contributed by atoms with Gasteiger partial charge in [-0.1, -0.05) is 60.1 Å². The molecule has 1 unspecified atom stereocenters. The number of carbonyl (C=O) groups excluding carboxylic acids is 1. The summed E-state index contributed by atoms with van der Waals surface area (Å²) in [6.07, 6.45) is 2.98. The molecule has 1 aliphatic rings. The van der Waals surface area contributed by atoms with Crippen molar-refractivity contribution in [1.29, 1.82) is 0 Å². The topological polar surface area (TPSA) is 71.3 Å². The van der Waals surface area contributed by atoms with Crippen LogP contribution in [0.15, 0.2) is 87.9 Å². The Morgan fingerprint density at radius 2 is 1.78 bits per heavy atom. The number of thioether (sulfide) groups is 1. The number of hydrogen-bond acceptors (Lipinski definition) is 5. The molecule has 1 N–H and O–H groups in total. The molecule has 0 fully saturated rings. The molecule has 2 heterocycles. The summed E-state index contributed by atoms with van der Waals surface area (Å²) in [5.74, 6) is 0.904. The Morgan fingerprint density at radius 1 is 1.03 bits per heavy atom. The summed E-state index contributed by atoms with van der Waals surface area (Å²) in [6.45, 7) is 6.09. The highest BCUT2D eigenvalue weighted by atomic mass is 32.2. The zero-order valence-corrected chi connectivity index (χ0v) is 21.6. The van der Waals surface area contributed by atoms with Crippen molar-refractivity contribution in [3.63, 3.8) is 0 Å². The van der Waals surface area contributed by atoms with Crippen LogP contribution < -0.4 is 10.2 Å². The smallest absolute Gasteiger partial charge is 0.326 e. The highest BCUT2D eigenvalue weighted by molar-refractivity contribution is 7.98. The molecule has 0 saturated carbocycles. The summed E-state index contributed by atoms with van der Waals surface area (Å²) in [5.41, 5.74) is 6.50. The van der Waals surface area contributed by atoms with E-state index in [1.54, 1.807) is 16.7 Å². The number of benzene rings is 3. The third-order valence-electron chi connectivity index (χ3n) is 6.47. The van der Waals surface area contributed by atoms with E-state index >= 15 is 0 Å². The molecule has 0 spiro atoms. The van der Waals surface area contributed by atoms with Gasteiger partial charge in [-0.15, -0.1) is 11.8 Å². The van der Waals surface area contributed by atoms with E-state index in [1.165, 1.54) is 5.56 Å². The molecule has 36 heavy (non-hydrogen) atoms. The Kier molecular flexibility index (Phi) is 6.65. The van der Waals surface area contributed by atoms with E-state index < -0.39 is 6.04 Å². The molecular weight excluding hydrogens is 468 g/mol. The molecule has 0 radical (unpaired) electrons. The van der Waals surface area contributed by atoms with E-state index in [1.807, 2.05) is 68.6 Å². The summed E-state index contributed by atoms with van der Waals surface area (Å²) in [5, 5.41) is 7.46. The van der Waals surface area contributed by atoms with Gasteiger partial charge in [0.25, 0.3) is 5.89 Å². The third-order valence-corrected chi connectivity index (χ3v) is 7.21. The molecule has 0 bridgehead atoms. The lowest BCUT2D eigenvalue weighted by atomic mass is 9.93. The van der Waals surface area contributed by atoms with Crippen molar-refractivity contribution in [1.82, 2.24) is 15.5 Å². The summed E-state index contributed by atoms with van der Waals surface area (Å²) >= 11 is 1.66. The fraction of sp³-hybridized carbons (Fsp3) is 0.207. The number of anilines is 1. The number of aryl methyl sites for hydroxylation is 2. The molecular formula is C29H28N4O2S. The normalized spacial score (nSPS) is 15.8. The van der Waals surface area contributed by atoms with Crippen LogP contribution in [0.4, 0.5) is 10.5 Å². The van der Waals surface area contributed by atoms with Gasteiger partial charge in [-0.2, -0.15) is 4.98 Å². The third kappa shape index (κ3) is 4.54. The number of hydrogen-bond donors (Lipinski definition) is 1. The molecule has 1 aromatic heterocycles. The van der Waals surface area contributed by atoms with Gasteiger partial charge in [0.15, 0.2) is 0 Å². The first-order chi connectivity index (χ1) is 17.5. The highest BCUT2D eigenvalue weighted by Gasteiger charge is 2.36. The number of urea groups is 1. The number of nitrogens with one attached hydrogen (secondary N) is 1. The van der Waals surface area contributed by atoms with Crippen molar-refractivity contribution < 1.29 is 9.32 Å². The van der Waals surface area contributed by atoms with Crippen molar-refractivity contribution >= 4 is 29.1 Å². The predicted octanol–water partition coefficient (Wildman–Crippen LogP) is 7.03. The number of carbonyl (C=O) groups is 1. The number of rotatable bonds is 6. The van der Waals surface area contributed by atoms with E-state index in [0.29, 0.717) is 11.7 Å². The van der Waals surface area contributed by atoms with Gasteiger partial charge in [-0.3, -0.25) is 4.90 Å². The van der Waals surface area contributed by atoms with Gasteiger partial charge in [0, 0.05) is 16.2 Å². The molecule has 4 aromatic rings. The Labute approximate surface area is 215 Å². The molecule has 6 nitrogen and oxygen atoms in total. The molecule has 7 heteroatoms. The zero-order chi connectivity index (χ0) is 25.2. The standard InChI is InChI=1S/C29H28N4O2S/c1-5-20-9-11-21(12-10-20)26-25(28-31-27(32-35-28)22-8-6-7-18(2)17-22)19(3)33(29(34)30-26)23-13-15-24(36-4)16-14-23/h6-17,26H,5H2,1-4H3,(H,30,34). The lowest BCUT2D eigenvalue weighted by Gasteiger charge is -2.35. The SMILES string of the molecule is CCc1ccc(C2NC(=O)N(c3ccc(SC)cc3)C(C)=C2c2nc(-c3cccc(C)c3)no2)cc1. The maximum Gasteiger partial charge on any atom is 0.326 e. The average molecular weight is 497 g/mol. The van der Waals surface area contributed by atoms with Gasteiger partial charge in [0.05, 0.1) is 17.3 Å². The number of allylic oxidation sites excluding steroid dienone is 1. The van der Waals surface area contributed by atoms with Gasteiger partial charge < -0.3 is 9.84 Å². The molecule has 182 valence electrons. The summed E-state index contributed by atoms with van der Waals surface area (Å²) in [6, 6.07) is 23.6. The predicted molar refractivity (Wildman–Crippen MR) is 145 cm³/mol. The Bertz CT molecular complexity index is 1420. The summed E-state index contributed by atoms with van der Waals surface area (Å²) in [4.78, 5) is 21.0. The molecule has 0 aliphatic carbocycles. The van der Waals surface area contributed by atoms with Crippen LogP contribution in [0.3, 0.4) is 0 Å². The van der Waals surface area contributed by atoms with Crippen LogP contribution in [-0.2, 0) is 6.42 Å². The lowest BCUT2D eigenvalue weighted by Crippen LogP contribution is -2.46. The van der Waals surface area contributed by atoms with Crippen LogP contribution in [0.25, 0.3) is 17.0 Å². The monoisotopic (exact) mass is 496 g/mol. The Hall–Kier alpha value is -3.84. The number of nitrogens with zero attached hydrogens (tertiary/aromatic N) is 3.